The Hall–Kier alpha value is -4.90. The zero-order valence-corrected chi connectivity index (χ0v) is 23.4. The summed E-state index contributed by atoms with van der Waals surface area (Å²) in [5.74, 6) is -2.66. The molecule has 2 amide bonds. The minimum atomic E-state index is -0.785. The Kier molecular flexibility index (Phi) is 7.97. The molecule has 0 saturated carbocycles. The van der Waals surface area contributed by atoms with Crippen LogP contribution >= 0.6 is 11.8 Å². The third-order valence-corrected chi connectivity index (χ3v) is 8.20. The van der Waals surface area contributed by atoms with Crippen LogP contribution in [0, 0.1) is 17.5 Å². The van der Waals surface area contributed by atoms with E-state index in [1.54, 1.807) is 18.5 Å². The molecule has 0 fully saturated rings. The number of fused-ring (bicyclic) bond motifs is 1. The summed E-state index contributed by atoms with van der Waals surface area (Å²) in [4.78, 5) is 32.4. The number of halogens is 3. The van der Waals surface area contributed by atoms with Crippen molar-refractivity contribution in [1.82, 2.24) is 20.1 Å². The van der Waals surface area contributed by atoms with Crippen molar-refractivity contribution < 1.29 is 22.8 Å². The van der Waals surface area contributed by atoms with E-state index in [9.17, 15) is 18.4 Å². The van der Waals surface area contributed by atoms with Crippen LogP contribution < -0.4 is 10.2 Å². The van der Waals surface area contributed by atoms with E-state index in [1.807, 2.05) is 36.4 Å². The second-order valence-electron chi connectivity index (χ2n) is 9.81. The second kappa shape index (κ2) is 12.1. The number of nitrogens with one attached hydrogen (secondary N) is 1. The number of anilines is 1. The third-order valence-electron chi connectivity index (χ3n) is 6.97. The highest BCUT2D eigenvalue weighted by atomic mass is 32.2. The van der Waals surface area contributed by atoms with Gasteiger partial charge in [-0.2, -0.15) is 5.10 Å². The molecule has 2 aromatic heterocycles. The van der Waals surface area contributed by atoms with Crippen LogP contribution in [-0.4, -0.2) is 38.9 Å². The van der Waals surface area contributed by atoms with Gasteiger partial charge in [-0.1, -0.05) is 42.5 Å². The van der Waals surface area contributed by atoms with Crippen LogP contribution in [0.5, 0.6) is 0 Å². The van der Waals surface area contributed by atoms with Gasteiger partial charge in [-0.05, 0) is 42.0 Å². The van der Waals surface area contributed by atoms with Crippen LogP contribution in [0.25, 0.3) is 16.9 Å². The van der Waals surface area contributed by atoms with Gasteiger partial charge >= 0.3 is 0 Å². The Morgan fingerprint density at radius 2 is 1.72 bits per heavy atom. The van der Waals surface area contributed by atoms with E-state index in [1.165, 1.54) is 46.0 Å². The molecule has 3 aromatic carbocycles. The molecular formula is C32H24F3N5O2S. The van der Waals surface area contributed by atoms with Crippen molar-refractivity contribution in [1.29, 1.82) is 0 Å². The smallest absolute Gasteiger partial charge is 0.240 e. The lowest BCUT2D eigenvalue weighted by Crippen LogP contribution is -2.42. The molecule has 216 valence electrons. The summed E-state index contributed by atoms with van der Waals surface area (Å²) < 4.78 is 44.7. The fourth-order valence-electron chi connectivity index (χ4n) is 4.95. The molecule has 0 aliphatic carbocycles. The van der Waals surface area contributed by atoms with Crippen molar-refractivity contribution in [2.24, 2.45) is 0 Å². The van der Waals surface area contributed by atoms with Crippen molar-refractivity contribution >= 4 is 29.4 Å². The first-order valence-electron chi connectivity index (χ1n) is 13.4. The minimum absolute atomic E-state index is 0.0936. The van der Waals surface area contributed by atoms with Gasteiger partial charge in [0, 0.05) is 41.7 Å². The summed E-state index contributed by atoms with van der Waals surface area (Å²) in [5, 5.41) is 6.90. The van der Waals surface area contributed by atoms with Crippen LogP contribution in [0.1, 0.15) is 21.9 Å². The number of pyridine rings is 1. The lowest BCUT2D eigenvalue weighted by Gasteiger charge is -2.23. The summed E-state index contributed by atoms with van der Waals surface area (Å²) in [6.07, 6.45) is 3.26. The number of thioether (sulfide) groups is 1. The van der Waals surface area contributed by atoms with Crippen LogP contribution in [0.4, 0.5) is 19.0 Å². The van der Waals surface area contributed by atoms with Gasteiger partial charge in [0.15, 0.2) is 0 Å². The number of nitrogens with zero attached hydrogens (tertiary/aromatic N) is 4. The number of rotatable bonds is 7. The highest BCUT2D eigenvalue weighted by Crippen LogP contribution is 2.49. The molecule has 5 aromatic rings. The Morgan fingerprint density at radius 3 is 2.44 bits per heavy atom. The molecule has 43 heavy (non-hydrogen) atoms. The molecule has 0 radical (unpaired) electrons. The number of hydrogen-bond acceptors (Lipinski definition) is 5. The van der Waals surface area contributed by atoms with Crippen LogP contribution in [0.2, 0.25) is 0 Å². The van der Waals surface area contributed by atoms with E-state index in [0.717, 1.165) is 23.4 Å². The van der Waals surface area contributed by atoms with Gasteiger partial charge in [0.25, 0.3) is 0 Å². The van der Waals surface area contributed by atoms with Gasteiger partial charge < -0.3 is 5.32 Å². The standard InChI is InChI=1S/C32H24F3N5O2S/c33-22-8-11-24(12-9-22)40-32-29(30(38-40)21-6-2-1-3-7-21)31(25-13-10-23(34)15-26(25)35)43-19-28(42)39(32)18-27(41)37-17-20-5-4-14-36-16-20/h1-16,31H,17-19H2,(H,37,41). The number of hydrogen-bond donors (Lipinski definition) is 1. The topological polar surface area (TPSA) is 80.1 Å². The zero-order valence-electron chi connectivity index (χ0n) is 22.6. The van der Waals surface area contributed by atoms with Crippen molar-refractivity contribution in [2.45, 2.75) is 11.8 Å². The molecular weight excluding hydrogens is 575 g/mol. The monoisotopic (exact) mass is 599 g/mol. The van der Waals surface area contributed by atoms with Crippen molar-refractivity contribution in [3.05, 3.63) is 131 Å². The lowest BCUT2D eigenvalue weighted by atomic mass is 9.99. The van der Waals surface area contributed by atoms with Gasteiger partial charge in [0.1, 0.15) is 29.8 Å². The van der Waals surface area contributed by atoms with E-state index < -0.39 is 34.5 Å². The summed E-state index contributed by atoms with van der Waals surface area (Å²) in [5.41, 5.74) is 2.97. The Bertz CT molecular complexity index is 1780. The average molecular weight is 600 g/mol. The number of aromatic nitrogens is 3. The summed E-state index contributed by atoms with van der Waals surface area (Å²) >= 11 is 1.16. The minimum Gasteiger partial charge on any atom is -0.350 e. The predicted octanol–water partition coefficient (Wildman–Crippen LogP) is 5.84. The lowest BCUT2D eigenvalue weighted by molar-refractivity contribution is -0.123. The van der Waals surface area contributed by atoms with Gasteiger partial charge in [0.05, 0.1) is 22.4 Å². The maximum Gasteiger partial charge on any atom is 0.240 e. The molecule has 1 aliphatic heterocycles. The number of amides is 2. The van der Waals surface area contributed by atoms with E-state index in [-0.39, 0.29) is 30.2 Å². The van der Waals surface area contributed by atoms with Crippen LogP contribution in [0.3, 0.4) is 0 Å². The summed E-state index contributed by atoms with van der Waals surface area (Å²) in [6.45, 7) is -0.154. The van der Waals surface area contributed by atoms with Crippen molar-refractivity contribution in [3.63, 3.8) is 0 Å². The normalized spacial score (nSPS) is 14.7. The quantitative estimate of drug-likeness (QED) is 0.255. The SMILES string of the molecule is O=C(CN1C(=O)CSC(c2ccc(F)cc2F)c2c(-c3ccccc3)nn(-c3ccc(F)cc3)c21)NCc1cccnc1. The highest BCUT2D eigenvalue weighted by Gasteiger charge is 2.38. The maximum atomic E-state index is 15.3. The van der Waals surface area contributed by atoms with Gasteiger partial charge in [-0.25, -0.2) is 17.9 Å². The van der Waals surface area contributed by atoms with Gasteiger partial charge in [0.2, 0.25) is 11.8 Å². The number of carbonyl (C=O) groups is 2. The fourth-order valence-corrected chi connectivity index (χ4v) is 6.17. The number of benzene rings is 3. The average Bonchev–Trinajstić information content (AvgIpc) is 3.35. The molecule has 1 unspecified atom stereocenters. The highest BCUT2D eigenvalue weighted by molar-refractivity contribution is 8.00. The predicted molar refractivity (Wildman–Crippen MR) is 158 cm³/mol. The molecule has 3 heterocycles. The molecule has 0 spiro atoms. The fraction of sp³-hybridized carbons (Fsp3) is 0.125. The van der Waals surface area contributed by atoms with Crippen LogP contribution in [-0.2, 0) is 16.1 Å². The molecule has 11 heteroatoms. The molecule has 0 saturated heterocycles. The van der Waals surface area contributed by atoms with E-state index in [4.69, 9.17) is 5.10 Å². The Morgan fingerprint density at radius 1 is 0.953 bits per heavy atom. The van der Waals surface area contributed by atoms with Crippen molar-refractivity contribution in [3.8, 4) is 16.9 Å². The largest absolute Gasteiger partial charge is 0.350 e. The second-order valence-corrected chi connectivity index (χ2v) is 10.9. The third kappa shape index (κ3) is 5.89. The Labute approximate surface area is 249 Å². The molecule has 6 rings (SSSR count). The molecule has 7 nitrogen and oxygen atoms in total. The maximum absolute atomic E-state index is 15.3. The molecule has 1 N–H and O–H groups in total. The molecule has 0 bridgehead atoms. The van der Waals surface area contributed by atoms with Gasteiger partial charge in [-0.3, -0.25) is 19.5 Å². The molecule has 1 aliphatic rings. The summed E-state index contributed by atoms with van der Waals surface area (Å²) in [7, 11) is 0. The first-order valence-corrected chi connectivity index (χ1v) is 14.4. The van der Waals surface area contributed by atoms with Crippen molar-refractivity contribution in [2.75, 3.05) is 17.2 Å². The molecule has 1 atom stereocenters. The summed E-state index contributed by atoms with van der Waals surface area (Å²) in [6, 6.07) is 21.6. The first-order chi connectivity index (χ1) is 20.9. The van der Waals surface area contributed by atoms with E-state index in [0.29, 0.717) is 22.5 Å². The Balaban J connectivity index is 1.53. The van der Waals surface area contributed by atoms with Crippen LogP contribution in [0.15, 0.2) is 97.3 Å². The van der Waals surface area contributed by atoms with Gasteiger partial charge in [-0.15, -0.1) is 11.8 Å². The van der Waals surface area contributed by atoms with E-state index >= 15 is 4.39 Å². The first kappa shape index (κ1) is 28.2. The number of carbonyl (C=O) groups excluding carboxylic acids is 2. The van der Waals surface area contributed by atoms with E-state index in [2.05, 4.69) is 10.3 Å². The zero-order chi connectivity index (χ0) is 29.9.